The van der Waals surface area contributed by atoms with Gasteiger partial charge in [-0.2, -0.15) is 5.10 Å². The van der Waals surface area contributed by atoms with Gasteiger partial charge in [0.1, 0.15) is 5.75 Å². The first-order valence-corrected chi connectivity index (χ1v) is 10.9. The van der Waals surface area contributed by atoms with Crippen LogP contribution in [0.2, 0.25) is 0 Å². The summed E-state index contributed by atoms with van der Waals surface area (Å²) in [6.45, 7) is 9.33. The van der Waals surface area contributed by atoms with E-state index in [0.29, 0.717) is 25.0 Å². The molecule has 0 radical (unpaired) electrons. The molecule has 1 atom stereocenters. The first kappa shape index (κ1) is 20.0. The Morgan fingerprint density at radius 1 is 1.24 bits per heavy atom. The van der Waals surface area contributed by atoms with Crippen LogP contribution in [0.5, 0.6) is 5.75 Å². The Morgan fingerprint density at radius 3 is 2.72 bits per heavy atom. The lowest BCUT2D eigenvalue weighted by atomic mass is 10.0. The van der Waals surface area contributed by atoms with Crippen LogP contribution in [-0.2, 0) is 11.2 Å². The minimum absolute atomic E-state index is 0.276. The van der Waals surface area contributed by atoms with Crippen molar-refractivity contribution in [3.8, 4) is 5.75 Å². The van der Waals surface area contributed by atoms with Crippen LogP contribution in [0.3, 0.4) is 0 Å². The lowest BCUT2D eigenvalue weighted by Crippen LogP contribution is -2.46. The SMILES string of the molecule is CC(C)c1ccc(OCCc2cc([C@@H]3CCN(CC(=O)N4CCC4)C3)n[nH]2)cc1. The first-order valence-electron chi connectivity index (χ1n) is 10.9. The van der Waals surface area contributed by atoms with E-state index in [4.69, 9.17) is 4.74 Å². The third-order valence-corrected chi connectivity index (χ3v) is 6.10. The Hall–Kier alpha value is -2.34. The molecule has 1 N–H and O–H groups in total. The smallest absolute Gasteiger partial charge is 0.236 e. The van der Waals surface area contributed by atoms with Crippen molar-refractivity contribution in [3.05, 3.63) is 47.3 Å². The molecule has 0 aliphatic carbocycles. The zero-order chi connectivity index (χ0) is 20.2. The molecule has 4 rings (SSSR count). The number of likely N-dealkylation sites (tertiary alicyclic amines) is 2. The molecule has 3 heterocycles. The standard InChI is InChI=1S/C23H32N4O2/c1-17(2)18-4-6-21(7-5-18)29-13-9-20-14-22(25-24-20)19-8-12-26(15-19)16-23(28)27-10-3-11-27/h4-7,14,17,19H,3,8-13,15-16H2,1-2H3,(H,24,25)/t19-/m1/s1. The van der Waals surface area contributed by atoms with E-state index in [2.05, 4.69) is 47.1 Å². The second-order valence-electron chi connectivity index (χ2n) is 8.60. The second kappa shape index (κ2) is 8.99. The molecule has 2 aliphatic rings. The molecule has 1 aromatic heterocycles. The monoisotopic (exact) mass is 396 g/mol. The number of amides is 1. The fourth-order valence-electron chi connectivity index (χ4n) is 4.02. The molecule has 2 saturated heterocycles. The molecule has 29 heavy (non-hydrogen) atoms. The first-order chi connectivity index (χ1) is 14.1. The molecular formula is C23H32N4O2. The molecule has 6 nitrogen and oxygen atoms in total. The predicted octanol–water partition coefficient (Wildman–Crippen LogP) is 3.18. The quantitative estimate of drug-likeness (QED) is 0.744. The van der Waals surface area contributed by atoms with Gasteiger partial charge in [0.15, 0.2) is 0 Å². The number of carbonyl (C=O) groups excluding carboxylic acids is 1. The summed E-state index contributed by atoms with van der Waals surface area (Å²) >= 11 is 0. The van der Waals surface area contributed by atoms with Gasteiger partial charge in [-0.05, 0) is 49.1 Å². The Balaban J connectivity index is 1.22. The van der Waals surface area contributed by atoms with Crippen LogP contribution < -0.4 is 4.74 Å². The zero-order valence-corrected chi connectivity index (χ0v) is 17.6. The molecule has 156 valence electrons. The van der Waals surface area contributed by atoms with Gasteiger partial charge in [-0.25, -0.2) is 0 Å². The van der Waals surface area contributed by atoms with Gasteiger partial charge in [0.05, 0.1) is 18.8 Å². The van der Waals surface area contributed by atoms with Crippen LogP contribution in [0.4, 0.5) is 0 Å². The number of carbonyl (C=O) groups is 1. The summed E-state index contributed by atoms with van der Waals surface area (Å²) in [5, 5.41) is 7.69. The summed E-state index contributed by atoms with van der Waals surface area (Å²) in [7, 11) is 0. The van der Waals surface area contributed by atoms with E-state index in [1.54, 1.807) is 0 Å². The number of nitrogens with zero attached hydrogens (tertiary/aromatic N) is 3. The molecule has 2 aromatic rings. The molecule has 2 aliphatic heterocycles. The van der Waals surface area contributed by atoms with E-state index in [0.717, 1.165) is 62.6 Å². The number of benzene rings is 1. The molecule has 6 heteroatoms. The third-order valence-electron chi connectivity index (χ3n) is 6.10. The summed E-state index contributed by atoms with van der Waals surface area (Å²) < 4.78 is 5.88. The topological polar surface area (TPSA) is 61.5 Å². The highest BCUT2D eigenvalue weighted by Crippen LogP contribution is 2.26. The van der Waals surface area contributed by atoms with Crippen LogP contribution in [0, 0.1) is 0 Å². The van der Waals surface area contributed by atoms with Gasteiger partial charge in [0, 0.05) is 37.7 Å². The number of hydrogen-bond donors (Lipinski definition) is 1. The van der Waals surface area contributed by atoms with E-state index in [9.17, 15) is 4.79 Å². The number of hydrogen-bond acceptors (Lipinski definition) is 4. The van der Waals surface area contributed by atoms with Crippen LogP contribution in [0.1, 0.15) is 55.5 Å². The fourth-order valence-corrected chi connectivity index (χ4v) is 4.02. The number of H-pyrrole nitrogens is 1. The van der Waals surface area contributed by atoms with E-state index >= 15 is 0 Å². The fraction of sp³-hybridized carbons (Fsp3) is 0.565. The van der Waals surface area contributed by atoms with Crippen molar-refractivity contribution in [2.75, 3.05) is 39.3 Å². The summed E-state index contributed by atoms with van der Waals surface area (Å²) in [4.78, 5) is 16.4. The minimum Gasteiger partial charge on any atom is -0.493 e. The van der Waals surface area contributed by atoms with Crippen LogP contribution >= 0.6 is 0 Å². The molecule has 0 bridgehead atoms. The van der Waals surface area contributed by atoms with Crippen molar-refractivity contribution in [1.82, 2.24) is 20.0 Å². The van der Waals surface area contributed by atoms with Gasteiger partial charge >= 0.3 is 0 Å². The van der Waals surface area contributed by atoms with Crippen molar-refractivity contribution >= 4 is 5.91 Å². The van der Waals surface area contributed by atoms with Gasteiger partial charge in [0.25, 0.3) is 0 Å². The van der Waals surface area contributed by atoms with E-state index in [1.807, 2.05) is 17.0 Å². The molecule has 2 fully saturated rings. The Morgan fingerprint density at radius 2 is 2.03 bits per heavy atom. The Labute approximate surface area is 173 Å². The van der Waals surface area contributed by atoms with Crippen molar-refractivity contribution in [1.29, 1.82) is 0 Å². The highest BCUT2D eigenvalue weighted by molar-refractivity contribution is 5.79. The van der Waals surface area contributed by atoms with Gasteiger partial charge in [-0.15, -0.1) is 0 Å². The average Bonchev–Trinajstić information content (AvgIpc) is 3.30. The van der Waals surface area contributed by atoms with Gasteiger partial charge in [-0.1, -0.05) is 26.0 Å². The maximum absolute atomic E-state index is 12.2. The van der Waals surface area contributed by atoms with E-state index < -0.39 is 0 Å². The zero-order valence-electron chi connectivity index (χ0n) is 17.6. The lowest BCUT2D eigenvalue weighted by molar-refractivity contribution is -0.135. The van der Waals surface area contributed by atoms with Crippen LogP contribution in [-0.4, -0.2) is 65.2 Å². The maximum Gasteiger partial charge on any atom is 0.236 e. The van der Waals surface area contributed by atoms with Crippen molar-refractivity contribution in [3.63, 3.8) is 0 Å². The molecule has 1 aromatic carbocycles. The van der Waals surface area contributed by atoms with E-state index in [-0.39, 0.29) is 5.91 Å². The number of aromatic nitrogens is 2. The van der Waals surface area contributed by atoms with Crippen LogP contribution in [0.25, 0.3) is 0 Å². The van der Waals surface area contributed by atoms with Crippen LogP contribution in [0.15, 0.2) is 30.3 Å². The number of nitrogens with one attached hydrogen (secondary N) is 1. The summed E-state index contributed by atoms with van der Waals surface area (Å²) in [5.74, 6) is 2.13. The lowest BCUT2D eigenvalue weighted by Gasteiger charge is -2.32. The van der Waals surface area contributed by atoms with Crippen molar-refractivity contribution < 1.29 is 9.53 Å². The minimum atomic E-state index is 0.276. The van der Waals surface area contributed by atoms with Gasteiger partial charge in [0.2, 0.25) is 5.91 Å². The number of ether oxygens (including phenoxy) is 1. The average molecular weight is 397 g/mol. The largest absolute Gasteiger partial charge is 0.493 e. The summed E-state index contributed by atoms with van der Waals surface area (Å²) in [5.41, 5.74) is 3.54. The van der Waals surface area contributed by atoms with Gasteiger partial charge < -0.3 is 9.64 Å². The maximum atomic E-state index is 12.2. The normalized spacial score (nSPS) is 19.6. The predicted molar refractivity (Wildman–Crippen MR) is 113 cm³/mol. The Kier molecular flexibility index (Phi) is 6.19. The highest BCUT2D eigenvalue weighted by atomic mass is 16.5. The van der Waals surface area contributed by atoms with Crippen molar-refractivity contribution in [2.24, 2.45) is 0 Å². The Bertz CT molecular complexity index is 811. The molecule has 0 unspecified atom stereocenters. The molecule has 1 amide bonds. The molecule has 0 saturated carbocycles. The second-order valence-corrected chi connectivity index (χ2v) is 8.60. The molecule has 0 spiro atoms. The third kappa shape index (κ3) is 4.99. The van der Waals surface area contributed by atoms with Crippen molar-refractivity contribution in [2.45, 2.75) is 44.9 Å². The summed E-state index contributed by atoms with van der Waals surface area (Å²) in [6, 6.07) is 10.5. The number of rotatable bonds is 8. The molecular weight excluding hydrogens is 364 g/mol. The highest BCUT2D eigenvalue weighted by Gasteiger charge is 2.29. The number of aromatic amines is 1. The summed E-state index contributed by atoms with van der Waals surface area (Å²) in [6.07, 6.45) is 3.02. The van der Waals surface area contributed by atoms with Gasteiger partial charge in [-0.3, -0.25) is 14.8 Å². The van der Waals surface area contributed by atoms with E-state index in [1.165, 1.54) is 5.56 Å².